The Labute approximate surface area is 112 Å². The van der Waals surface area contributed by atoms with Gasteiger partial charge in [-0.05, 0) is 31.5 Å². The van der Waals surface area contributed by atoms with Crippen molar-refractivity contribution in [2.45, 2.75) is 18.9 Å². The Kier molecular flexibility index (Phi) is 4.65. The maximum absolute atomic E-state index is 11.8. The van der Waals surface area contributed by atoms with Gasteiger partial charge in [0.15, 0.2) is 0 Å². The van der Waals surface area contributed by atoms with E-state index in [1.165, 1.54) is 0 Å². The third-order valence-corrected chi connectivity index (χ3v) is 3.20. The number of nitrogens with zero attached hydrogens (tertiary/aromatic N) is 1. The molecule has 1 heterocycles. The molecular formula is C14H19N3O2. The molecule has 1 fully saturated rings. The number of amides is 2. The molecule has 0 bridgehead atoms. The number of carbonyl (C=O) groups is 2. The summed E-state index contributed by atoms with van der Waals surface area (Å²) >= 11 is 0. The number of hydrogen-bond donors (Lipinski definition) is 2. The number of carbonyl (C=O) groups excluding carboxylic acids is 2. The number of nitrogens with two attached hydrogens (primary N) is 1. The Balaban J connectivity index is 1.82. The first-order chi connectivity index (χ1) is 9.15. The summed E-state index contributed by atoms with van der Waals surface area (Å²) in [5.41, 5.74) is 6.34. The minimum absolute atomic E-state index is 0.131. The first-order valence-electron chi connectivity index (χ1n) is 6.52. The first-order valence-corrected chi connectivity index (χ1v) is 6.52. The lowest BCUT2D eigenvalue weighted by Gasteiger charge is -2.29. The maximum atomic E-state index is 11.8. The lowest BCUT2D eigenvalue weighted by atomic mass is 10.1. The molecule has 0 radical (unpaired) electrons. The molecule has 1 aliphatic heterocycles. The van der Waals surface area contributed by atoms with Gasteiger partial charge < -0.3 is 5.73 Å². The lowest BCUT2D eigenvalue weighted by molar-refractivity contribution is -0.121. The Morgan fingerprint density at radius 3 is 2.74 bits per heavy atom. The van der Waals surface area contributed by atoms with E-state index in [1.807, 2.05) is 11.0 Å². The molecule has 1 aromatic rings. The number of hydrogen-bond acceptors (Lipinski definition) is 4. The van der Waals surface area contributed by atoms with Gasteiger partial charge in [0.2, 0.25) is 5.91 Å². The van der Waals surface area contributed by atoms with Gasteiger partial charge in [-0.3, -0.25) is 19.8 Å². The van der Waals surface area contributed by atoms with Crippen LogP contribution in [0, 0.1) is 0 Å². The first kappa shape index (κ1) is 13.7. The second kappa shape index (κ2) is 6.45. The molecule has 0 aliphatic carbocycles. The molecule has 102 valence electrons. The highest BCUT2D eigenvalue weighted by atomic mass is 16.2. The number of nitrogens with one attached hydrogen (secondary N) is 1. The van der Waals surface area contributed by atoms with Crippen molar-refractivity contribution >= 4 is 11.8 Å². The number of rotatable bonds is 3. The summed E-state index contributed by atoms with van der Waals surface area (Å²) in [7, 11) is 0. The average molecular weight is 261 g/mol. The molecule has 3 N–H and O–H groups in total. The smallest absolute Gasteiger partial charge is 0.257 e. The molecule has 5 heteroatoms. The standard InChI is InChI=1S/C14H19N3O2/c15-12-7-4-8-17(9-12)10-13(18)16-14(19)11-5-2-1-3-6-11/h1-3,5-6,12H,4,7-10,15H2,(H,16,18,19)/t12-/m1/s1. The molecule has 2 rings (SSSR count). The fourth-order valence-electron chi connectivity index (χ4n) is 2.27. The van der Waals surface area contributed by atoms with Crippen LogP contribution in [0.4, 0.5) is 0 Å². The molecule has 0 saturated carbocycles. The van der Waals surface area contributed by atoms with Crippen LogP contribution in [-0.4, -0.2) is 42.4 Å². The van der Waals surface area contributed by atoms with Crippen LogP contribution in [0.2, 0.25) is 0 Å². The lowest BCUT2D eigenvalue weighted by Crippen LogP contribution is -2.47. The van der Waals surface area contributed by atoms with E-state index in [-0.39, 0.29) is 24.4 Å². The number of piperidine rings is 1. The summed E-state index contributed by atoms with van der Waals surface area (Å²) in [6.45, 7) is 1.81. The van der Waals surface area contributed by atoms with Crippen LogP contribution in [0.3, 0.4) is 0 Å². The van der Waals surface area contributed by atoms with Crippen molar-refractivity contribution in [1.82, 2.24) is 10.2 Å². The molecule has 1 aromatic carbocycles. The molecule has 0 aromatic heterocycles. The molecule has 5 nitrogen and oxygen atoms in total. The van der Waals surface area contributed by atoms with E-state index in [2.05, 4.69) is 5.32 Å². The quantitative estimate of drug-likeness (QED) is 0.824. The highest BCUT2D eigenvalue weighted by Gasteiger charge is 2.19. The van der Waals surface area contributed by atoms with Gasteiger partial charge in [0.05, 0.1) is 6.54 Å². The Morgan fingerprint density at radius 1 is 1.32 bits per heavy atom. The topological polar surface area (TPSA) is 75.4 Å². The van der Waals surface area contributed by atoms with Crippen LogP contribution in [0.5, 0.6) is 0 Å². The highest BCUT2D eigenvalue weighted by Crippen LogP contribution is 2.07. The Morgan fingerprint density at radius 2 is 2.05 bits per heavy atom. The van der Waals surface area contributed by atoms with E-state index in [0.717, 1.165) is 19.4 Å². The van der Waals surface area contributed by atoms with Gasteiger partial charge in [0.25, 0.3) is 5.91 Å². The average Bonchev–Trinajstić information content (AvgIpc) is 2.39. The Bertz CT molecular complexity index is 447. The summed E-state index contributed by atoms with van der Waals surface area (Å²) in [6, 6.07) is 8.85. The van der Waals surface area contributed by atoms with Gasteiger partial charge in [0, 0.05) is 18.2 Å². The van der Waals surface area contributed by atoms with Gasteiger partial charge >= 0.3 is 0 Å². The third kappa shape index (κ3) is 4.15. The fourth-order valence-corrected chi connectivity index (χ4v) is 2.27. The summed E-state index contributed by atoms with van der Waals surface area (Å²) in [6.07, 6.45) is 2.00. The van der Waals surface area contributed by atoms with Crippen molar-refractivity contribution in [2.24, 2.45) is 5.73 Å². The van der Waals surface area contributed by atoms with E-state index in [0.29, 0.717) is 12.1 Å². The predicted molar refractivity (Wildman–Crippen MR) is 72.6 cm³/mol. The summed E-state index contributed by atoms with van der Waals surface area (Å²) < 4.78 is 0. The monoisotopic (exact) mass is 261 g/mol. The second-order valence-corrected chi connectivity index (χ2v) is 4.88. The van der Waals surface area contributed by atoms with Gasteiger partial charge in [0.1, 0.15) is 0 Å². The van der Waals surface area contributed by atoms with E-state index in [9.17, 15) is 9.59 Å². The van der Waals surface area contributed by atoms with E-state index in [4.69, 9.17) is 5.73 Å². The molecule has 19 heavy (non-hydrogen) atoms. The second-order valence-electron chi connectivity index (χ2n) is 4.88. The van der Waals surface area contributed by atoms with Crippen LogP contribution in [0.15, 0.2) is 30.3 Å². The van der Waals surface area contributed by atoms with Gasteiger partial charge in [-0.15, -0.1) is 0 Å². The van der Waals surface area contributed by atoms with Crippen molar-refractivity contribution in [3.05, 3.63) is 35.9 Å². The van der Waals surface area contributed by atoms with Crippen molar-refractivity contribution in [2.75, 3.05) is 19.6 Å². The molecule has 0 unspecified atom stereocenters. The minimum atomic E-state index is -0.355. The molecule has 1 aliphatic rings. The zero-order valence-electron chi connectivity index (χ0n) is 10.8. The van der Waals surface area contributed by atoms with Crippen molar-refractivity contribution < 1.29 is 9.59 Å². The van der Waals surface area contributed by atoms with Crippen LogP contribution < -0.4 is 11.1 Å². The van der Waals surface area contributed by atoms with Crippen LogP contribution >= 0.6 is 0 Å². The molecule has 1 saturated heterocycles. The minimum Gasteiger partial charge on any atom is -0.327 e. The van der Waals surface area contributed by atoms with Crippen LogP contribution in [0.25, 0.3) is 0 Å². The molecule has 0 spiro atoms. The normalized spacial score (nSPS) is 19.9. The van der Waals surface area contributed by atoms with Crippen molar-refractivity contribution in [1.29, 1.82) is 0 Å². The predicted octanol–water partition coefficient (Wildman–Crippen LogP) is 0.366. The third-order valence-electron chi connectivity index (χ3n) is 3.20. The SMILES string of the molecule is N[C@@H]1CCCN(CC(=O)NC(=O)c2ccccc2)C1. The summed E-state index contributed by atoms with van der Waals surface area (Å²) in [5, 5.41) is 2.40. The largest absolute Gasteiger partial charge is 0.327 e. The zero-order valence-corrected chi connectivity index (χ0v) is 10.8. The molecule has 1 atom stereocenters. The van der Waals surface area contributed by atoms with Gasteiger partial charge in [-0.1, -0.05) is 18.2 Å². The highest BCUT2D eigenvalue weighted by molar-refractivity contribution is 6.05. The number of benzene rings is 1. The maximum Gasteiger partial charge on any atom is 0.257 e. The number of likely N-dealkylation sites (tertiary alicyclic amines) is 1. The van der Waals surface area contributed by atoms with Crippen molar-refractivity contribution in [3.8, 4) is 0 Å². The molecular weight excluding hydrogens is 242 g/mol. The van der Waals surface area contributed by atoms with Crippen LogP contribution in [-0.2, 0) is 4.79 Å². The van der Waals surface area contributed by atoms with Gasteiger partial charge in [-0.25, -0.2) is 0 Å². The summed E-state index contributed by atoms with van der Waals surface area (Å²) in [4.78, 5) is 25.6. The molecule has 2 amide bonds. The van der Waals surface area contributed by atoms with Gasteiger partial charge in [-0.2, -0.15) is 0 Å². The fraction of sp³-hybridized carbons (Fsp3) is 0.429. The zero-order chi connectivity index (χ0) is 13.7. The van der Waals surface area contributed by atoms with Crippen molar-refractivity contribution in [3.63, 3.8) is 0 Å². The van der Waals surface area contributed by atoms with Crippen LogP contribution in [0.1, 0.15) is 23.2 Å². The van der Waals surface area contributed by atoms with E-state index >= 15 is 0 Å². The summed E-state index contributed by atoms with van der Waals surface area (Å²) in [5.74, 6) is -0.630. The number of imide groups is 1. The Hall–Kier alpha value is -1.72. The van der Waals surface area contributed by atoms with E-state index in [1.54, 1.807) is 24.3 Å². The van der Waals surface area contributed by atoms with E-state index < -0.39 is 0 Å².